The van der Waals surface area contributed by atoms with Crippen molar-refractivity contribution in [3.8, 4) is 0 Å². The average molecular weight is 421 g/mol. The maximum atomic E-state index is 12.7. The van der Waals surface area contributed by atoms with Crippen molar-refractivity contribution in [2.45, 2.75) is 97.5 Å². The summed E-state index contributed by atoms with van der Waals surface area (Å²) in [7, 11) is 0. The van der Waals surface area contributed by atoms with E-state index in [2.05, 4.69) is 13.8 Å². The van der Waals surface area contributed by atoms with Crippen LogP contribution in [0.2, 0.25) is 0 Å². The number of rotatable bonds is 17. The Hall–Kier alpha value is -2.11. The summed E-state index contributed by atoms with van der Waals surface area (Å²) in [6, 6.07) is 6.41. The number of unbranched alkanes of at least 4 members (excludes halogenated alkanes) is 10. The predicted octanol–water partition coefficient (Wildman–Crippen LogP) is 7.25. The number of nitro groups is 1. The van der Waals surface area contributed by atoms with Gasteiger partial charge in [-0.25, -0.2) is 4.79 Å². The minimum atomic E-state index is -0.437. The van der Waals surface area contributed by atoms with E-state index in [1.54, 1.807) is 23.1 Å². The van der Waals surface area contributed by atoms with Gasteiger partial charge in [-0.1, -0.05) is 90.2 Å². The molecule has 0 bridgehead atoms. The maximum Gasteiger partial charge on any atom is 0.410 e. The summed E-state index contributed by atoms with van der Waals surface area (Å²) < 4.78 is 5.45. The Kier molecular flexibility index (Phi) is 14.4. The summed E-state index contributed by atoms with van der Waals surface area (Å²) in [6.07, 6.45) is 13.7. The van der Waals surface area contributed by atoms with E-state index in [-0.39, 0.29) is 18.4 Å². The highest BCUT2D eigenvalue weighted by Crippen LogP contribution is 2.19. The van der Waals surface area contributed by atoms with Gasteiger partial charge < -0.3 is 9.64 Å². The van der Waals surface area contributed by atoms with E-state index >= 15 is 0 Å². The molecule has 0 N–H and O–H groups in total. The number of carbonyl (C=O) groups is 1. The Morgan fingerprint density at radius 2 is 1.37 bits per heavy atom. The molecular formula is C24H40N2O4. The summed E-state index contributed by atoms with van der Waals surface area (Å²) in [5.74, 6) is 0. The maximum absolute atomic E-state index is 12.7. The molecule has 0 saturated heterocycles. The van der Waals surface area contributed by atoms with E-state index in [0.29, 0.717) is 18.7 Å². The predicted molar refractivity (Wildman–Crippen MR) is 122 cm³/mol. The summed E-state index contributed by atoms with van der Waals surface area (Å²) in [6.45, 7) is 5.72. The molecule has 0 aromatic heterocycles. The SMILES string of the molecule is CCCCCCCCN(CCCCCCCC)C(=O)OCc1ccccc1[N+](=O)[O-]. The van der Waals surface area contributed by atoms with Crippen LogP contribution in [0.5, 0.6) is 0 Å². The molecule has 6 heteroatoms. The molecule has 170 valence electrons. The molecule has 1 amide bonds. The number of hydrogen-bond acceptors (Lipinski definition) is 4. The number of nitro benzene ring substituents is 1. The minimum absolute atomic E-state index is 0.0105. The van der Waals surface area contributed by atoms with Gasteiger partial charge in [-0.3, -0.25) is 10.1 Å². The average Bonchev–Trinajstić information content (AvgIpc) is 2.75. The molecule has 1 rings (SSSR count). The molecule has 0 aliphatic rings. The monoisotopic (exact) mass is 420 g/mol. The molecule has 0 fully saturated rings. The molecule has 0 radical (unpaired) electrons. The van der Waals surface area contributed by atoms with Gasteiger partial charge >= 0.3 is 6.09 Å². The number of ether oxygens (including phenoxy) is 1. The van der Waals surface area contributed by atoms with Gasteiger partial charge in [-0.05, 0) is 18.9 Å². The van der Waals surface area contributed by atoms with Crippen molar-refractivity contribution in [1.29, 1.82) is 0 Å². The molecule has 0 heterocycles. The Bertz CT molecular complexity index is 591. The summed E-state index contributed by atoms with van der Waals surface area (Å²) in [5.41, 5.74) is 0.415. The van der Waals surface area contributed by atoms with E-state index in [1.807, 2.05) is 0 Å². The van der Waals surface area contributed by atoms with Gasteiger partial charge in [0.15, 0.2) is 0 Å². The first-order valence-corrected chi connectivity index (χ1v) is 11.7. The Labute approximate surface area is 182 Å². The van der Waals surface area contributed by atoms with E-state index in [9.17, 15) is 14.9 Å². The van der Waals surface area contributed by atoms with Crippen LogP contribution in [0.4, 0.5) is 10.5 Å². The summed E-state index contributed by atoms with van der Waals surface area (Å²) in [4.78, 5) is 25.2. The van der Waals surface area contributed by atoms with Crippen molar-refractivity contribution in [2.75, 3.05) is 13.1 Å². The van der Waals surface area contributed by atoms with Crippen LogP contribution < -0.4 is 0 Å². The summed E-state index contributed by atoms with van der Waals surface area (Å²) in [5, 5.41) is 11.2. The van der Waals surface area contributed by atoms with Gasteiger partial charge in [0.2, 0.25) is 0 Å². The van der Waals surface area contributed by atoms with Crippen LogP contribution in [0, 0.1) is 10.1 Å². The van der Waals surface area contributed by atoms with Gasteiger partial charge in [-0.15, -0.1) is 0 Å². The van der Waals surface area contributed by atoms with Gasteiger partial charge in [-0.2, -0.15) is 0 Å². The molecule has 1 aromatic rings. The van der Waals surface area contributed by atoms with Crippen molar-refractivity contribution in [1.82, 2.24) is 4.90 Å². The van der Waals surface area contributed by atoms with E-state index in [4.69, 9.17) is 4.74 Å². The Morgan fingerprint density at radius 3 is 1.90 bits per heavy atom. The second-order valence-corrected chi connectivity index (χ2v) is 7.96. The second kappa shape index (κ2) is 16.7. The molecular weight excluding hydrogens is 380 g/mol. The number of amides is 1. The van der Waals surface area contributed by atoms with Crippen LogP contribution in [0.25, 0.3) is 0 Å². The molecule has 0 saturated carbocycles. The van der Waals surface area contributed by atoms with Crippen molar-refractivity contribution in [3.05, 3.63) is 39.9 Å². The van der Waals surface area contributed by atoms with Crippen molar-refractivity contribution >= 4 is 11.8 Å². The Morgan fingerprint density at radius 1 is 0.867 bits per heavy atom. The van der Waals surface area contributed by atoms with Gasteiger partial charge in [0.1, 0.15) is 6.61 Å². The number of para-hydroxylation sites is 1. The zero-order valence-electron chi connectivity index (χ0n) is 18.9. The van der Waals surface area contributed by atoms with E-state index in [0.717, 1.165) is 25.7 Å². The van der Waals surface area contributed by atoms with Crippen LogP contribution in [0.15, 0.2) is 24.3 Å². The lowest BCUT2D eigenvalue weighted by molar-refractivity contribution is -0.385. The largest absolute Gasteiger partial charge is 0.444 e. The lowest BCUT2D eigenvalue weighted by Crippen LogP contribution is -2.33. The molecule has 6 nitrogen and oxygen atoms in total. The molecule has 0 atom stereocenters. The standard InChI is InChI=1S/C24H40N2O4/c1-3-5-7-9-11-15-19-25(20-16-12-10-8-6-4-2)24(27)30-21-22-17-13-14-18-23(22)26(28)29/h13-14,17-18H,3-12,15-16,19-21H2,1-2H3. The number of hydrogen-bond donors (Lipinski definition) is 0. The zero-order chi connectivity index (χ0) is 22.0. The van der Waals surface area contributed by atoms with Crippen LogP contribution in [-0.2, 0) is 11.3 Å². The molecule has 0 aliphatic heterocycles. The van der Waals surface area contributed by atoms with Gasteiger partial charge in [0.05, 0.1) is 10.5 Å². The highest BCUT2D eigenvalue weighted by Gasteiger charge is 2.18. The zero-order valence-corrected chi connectivity index (χ0v) is 18.9. The molecule has 0 unspecified atom stereocenters. The third-order valence-corrected chi connectivity index (χ3v) is 5.36. The fraction of sp³-hybridized carbons (Fsp3) is 0.708. The molecule has 1 aromatic carbocycles. The fourth-order valence-electron chi connectivity index (χ4n) is 3.50. The van der Waals surface area contributed by atoms with Gasteiger partial charge in [0.25, 0.3) is 5.69 Å². The van der Waals surface area contributed by atoms with Crippen LogP contribution in [0.3, 0.4) is 0 Å². The second-order valence-electron chi connectivity index (χ2n) is 7.96. The lowest BCUT2D eigenvalue weighted by atomic mass is 10.1. The third-order valence-electron chi connectivity index (χ3n) is 5.36. The number of nitrogens with zero attached hydrogens (tertiary/aromatic N) is 2. The van der Waals surface area contributed by atoms with Crippen molar-refractivity contribution < 1.29 is 14.5 Å². The fourth-order valence-corrected chi connectivity index (χ4v) is 3.50. The quantitative estimate of drug-likeness (QED) is 0.151. The molecule has 30 heavy (non-hydrogen) atoms. The minimum Gasteiger partial charge on any atom is -0.444 e. The van der Waals surface area contributed by atoms with Crippen LogP contribution >= 0.6 is 0 Å². The van der Waals surface area contributed by atoms with Gasteiger partial charge in [0, 0.05) is 19.2 Å². The smallest absolute Gasteiger partial charge is 0.410 e. The normalized spacial score (nSPS) is 10.7. The first-order valence-electron chi connectivity index (χ1n) is 11.7. The van der Waals surface area contributed by atoms with E-state index < -0.39 is 4.92 Å². The number of benzene rings is 1. The topological polar surface area (TPSA) is 72.7 Å². The van der Waals surface area contributed by atoms with Crippen molar-refractivity contribution in [3.63, 3.8) is 0 Å². The first kappa shape index (κ1) is 25.9. The molecule has 0 aliphatic carbocycles. The highest BCUT2D eigenvalue weighted by atomic mass is 16.6. The van der Waals surface area contributed by atoms with E-state index in [1.165, 1.54) is 57.4 Å². The Balaban J connectivity index is 2.51. The van der Waals surface area contributed by atoms with Crippen LogP contribution in [0.1, 0.15) is 96.5 Å². The van der Waals surface area contributed by atoms with Crippen LogP contribution in [-0.4, -0.2) is 29.0 Å². The first-order chi connectivity index (χ1) is 14.6. The van der Waals surface area contributed by atoms with Crippen molar-refractivity contribution in [2.24, 2.45) is 0 Å². The summed E-state index contributed by atoms with van der Waals surface area (Å²) >= 11 is 0. The highest BCUT2D eigenvalue weighted by molar-refractivity contribution is 5.67. The molecule has 0 spiro atoms. The lowest BCUT2D eigenvalue weighted by Gasteiger charge is -2.22. The number of carbonyl (C=O) groups excluding carboxylic acids is 1. The third kappa shape index (κ3) is 11.2.